The van der Waals surface area contributed by atoms with Gasteiger partial charge in [-0.2, -0.15) is 5.10 Å². The molecule has 0 aliphatic heterocycles. The number of anilines is 1. The Labute approximate surface area is 178 Å². The fourth-order valence-electron chi connectivity index (χ4n) is 3.03. The normalized spacial score (nSPS) is 10.9. The number of carbonyl (C=O) groups excluding carboxylic acids is 1. The maximum Gasteiger partial charge on any atom is 0.266 e. The molecule has 0 N–H and O–H groups in total. The fourth-order valence-corrected chi connectivity index (χ4v) is 4.06. The molecule has 0 saturated heterocycles. The molecule has 0 saturated carbocycles. The van der Waals surface area contributed by atoms with Gasteiger partial charge >= 0.3 is 0 Å². The van der Waals surface area contributed by atoms with Crippen molar-refractivity contribution in [3.63, 3.8) is 0 Å². The van der Waals surface area contributed by atoms with Crippen molar-refractivity contribution >= 4 is 32.6 Å². The van der Waals surface area contributed by atoms with Crippen LogP contribution < -0.4 is 14.4 Å². The average molecular weight is 423 g/mol. The number of aromatic nitrogens is 3. The highest BCUT2D eigenvalue weighted by atomic mass is 32.1. The smallest absolute Gasteiger partial charge is 0.266 e. The highest BCUT2D eigenvalue weighted by Gasteiger charge is 2.21. The largest absolute Gasteiger partial charge is 0.497 e. The van der Waals surface area contributed by atoms with Crippen LogP contribution in [0.15, 0.2) is 60.9 Å². The quantitative estimate of drug-likeness (QED) is 0.430. The second kappa shape index (κ2) is 8.96. The molecule has 154 valence electrons. The molecule has 1 amide bonds. The van der Waals surface area contributed by atoms with Crippen molar-refractivity contribution in [2.24, 2.45) is 0 Å². The molecule has 7 nitrogen and oxygen atoms in total. The molecule has 0 radical (unpaired) electrons. The zero-order valence-corrected chi connectivity index (χ0v) is 17.6. The second-order valence-corrected chi connectivity index (χ2v) is 7.76. The number of aryl methyl sites for hydroxylation is 1. The van der Waals surface area contributed by atoms with Gasteiger partial charge < -0.3 is 9.47 Å². The fraction of sp³-hybridized carbons (Fsp3) is 0.227. The number of rotatable bonds is 8. The van der Waals surface area contributed by atoms with Gasteiger partial charge in [0.15, 0.2) is 11.7 Å². The highest BCUT2D eigenvalue weighted by Crippen LogP contribution is 2.31. The van der Waals surface area contributed by atoms with E-state index in [9.17, 15) is 4.79 Å². The molecule has 30 heavy (non-hydrogen) atoms. The van der Waals surface area contributed by atoms with E-state index in [2.05, 4.69) is 10.1 Å². The first-order valence-electron chi connectivity index (χ1n) is 9.54. The Bertz CT molecular complexity index is 1140. The van der Waals surface area contributed by atoms with Gasteiger partial charge in [-0.25, -0.2) is 4.98 Å². The minimum absolute atomic E-state index is 0.0677. The van der Waals surface area contributed by atoms with Crippen LogP contribution in [0.5, 0.6) is 11.5 Å². The Morgan fingerprint density at radius 2 is 2.07 bits per heavy atom. The van der Waals surface area contributed by atoms with Gasteiger partial charge in [0, 0.05) is 18.9 Å². The highest BCUT2D eigenvalue weighted by molar-refractivity contribution is 7.22. The Hall–Kier alpha value is -3.39. The van der Waals surface area contributed by atoms with Crippen molar-refractivity contribution in [1.82, 2.24) is 14.8 Å². The molecule has 2 aromatic carbocycles. The maximum atomic E-state index is 13.1. The summed E-state index contributed by atoms with van der Waals surface area (Å²) in [5.74, 6) is 1.27. The standard InChI is InChI=1S/C22H22N4O3S/c1-16-5-3-6-18(13-16)29-15-21(27)26(12-11-25-10-4-9-23-25)22-24-19-8-7-17(28-2)14-20(19)30-22/h3-10,13-14H,11-12,15H2,1-2H3. The third kappa shape index (κ3) is 4.60. The van der Waals surface area contributed by atoms with Crippen molar-refractivity contribution in [2.45, 2.75) is 13.5 Å². The summed E-state index contributed by atoms with van der Waals surface area (Å²) in [4.78, 5) is 19.4. The lowest BCUT2D eigenvalue weighted by atomic mass is 10.2. The first-order chi connectivity index (χ1) is 14.6. The molecule has 0 fully saturated rings. The summed E-state index contributed by atoms with van der Waals surface area (Å²) in [5, 5.41) is 4.85. The number of fused-ring (bicyclic) bond motifs is 1. The van der Waals surface area contributed by atoms with Crippen LogP contribution in [0.2, 0.25) is 0 Å². The molecule has 4 aromatic rings. The van der Waals surface area contributed by atoms with Gasteiger partial charge in [-0.05, 0) is 48.9 Å². The average Bonchev–Trinajstić information content (AvgIpc) is 3.41. The summed E-state index contributed by atoms with van der Waals surface area (Å²) < 4.78 is 13.8. The lowest BCUT2D eigenvalue weighted by molar-refractivity contribution is -0.120. The van der Waals surface area contributed by atoms with Gasteiger partial charge in [0.1, 0.15) is 11.5 Å². The van der Waals surface area contributed by atoms with Gasteiger partial charge in [-0.15, -0.1) is 0 Å². The molecule has 0 atom stereocenters. The minimum Gasteiger partial charge on any atom is -0.497 e. The van der Waals surface area contributed by atoms with E-state index >= 15 is 0 Å². The summed E-state index contributed by atoms with van der Waals surface area (Å²) >= 11 is 1.45. The number of thiazole rings is 1. The molecule has 2 heterocycles. The Morgan fingerprint density at radius 1 is 1.17 bits per heavy atom. The van der Waals surface area contributed by atoms with Crippen LogP contribution >= 0.6 is 11.3 Å². The molecule has 0 unspecified atom stereocenters. The van der Waals surface area contributed by atoms with Gasteiger partial charge in [-0.1, -0.05) is 23.5 Å². The van der Waals surface area contributed by atoms with Crippen molar-refractivity contribution in [3.8, 4) is 11.5 Å². The zero-order valence-electron chi connectivity index (χ0n) is 16.8. The molecule has 4 rings (SSSR count). The van der Waals surface area contributed by atoms with Crippen molar-refractivity contribution < 1.29 is 14.3 Å². The molecule has 0 aliphatic carbocycles. The molecule has 0 bridgehead atoms. The maximum absolute atomic E-state index is 13.1. The lowest BCUT2D eigenvalue weighted by Gasteiger charge is -2.20. The van der Waals surface area contributed by atoms with Crippen LogP contribution in [0.4, 0.5) is 5.13 Å². The predicted molar refractivity (Wildman–Crippen MR) is 117 cm³/mol. The van der Waals surface area contributed by atoms with Crippen LogP contribution in [0.3, 0.4) is 0 Å². The number of nitrogens with zero attached hydrogens (tertiary/aromatic N) is 4. The number of benzene rings is 2. The molecule has 0 spiro atoms. The van der Waals surface area contributed by atoms with E-state index in [0.29, 0.717) is 24.0 Å². The minimum atomic E-state index is -0.158. The van der Waals surface area contributed by atoms with Crippen molar-refractivity contribution in [1.29, 1.82) is 0 Å². The van der Waals surface area contributed by atoms with Gasteiger partial charge in [-0.3, -0.25) is 14.4 Å². The first-order valence-corrected chi connectivity index (χ1v) is 10.4. The van der Waals surface area contributed by atoms with Gasteiger partial charge in [0.2, 0.25) is 0 Å². The molecular formula is C22H22N4O3S. The van der Waals surface area contributed by atoms with Crippen molar-refractivity contribution in [3.05, 3.63) is 66.5 Å². The van der Waals surface area contributed by atoms with E-state index < -0.39 is 0 Å². The summed E-state index contributed by atoms with van der Waals surface area (Å²) in [6.07, 6.45) is 3.59. The molecular weight excluding hydrogens is 400 g/mol. The van der Waals surface area contributed by atoms with E-state index in [1.165, 1.54) is 11.3 Å². The van der Waals surface area contributed by atoms with E-state index in [1.807, 2.05) is 61.7 Å². The summed E-state index contributed by atoms with van der Waals surface area (Å²) in [6, 6.07) is 15.2. The Kier molecular flexibility index (Phi) is 5.94. The SMILES string of the molecule is COc1ccc2nc(N(CCn3cccn3)C(=O)COc3cccc(C)c3)sc2c1. The van der Waals surface area contributed by atoms with E-state index in [0.717, 1.165) is 21.5 Å². The first kappa shape index (κ1) is 19.9. The van der Waals surface area contributed by atoms with Crippen LogP contribution in [0.25, 0.3) is 10.2 Å². The van der Waals surface area contributed by atoms with Crippen LogP contribution in [-0.4, -0.2) is 40.9 Å². The van der Waals surface area contributed by atoms with Crippen molar-refractivity contribution in [2.75, 3.05) is 25.2 Å². The van der Waals surface area contributed by atoms with E-state index in [4.69, 9.17) is 9.47 Å². The lowest BCUT2D eigenvalue weighted by Crippen LogP contribution is -2.37. The summed E-state index contributed by atoms with van der Waals surface area (Å²) in [5.41, 5.74) is 1.91. The number of ether oxygens (including phenoxy) is 2. The number of hydrogen-bond acceptors (Lipinski definition) is 6. The Morgan fingerprint density at radius 3 is 2.83 bits per heavy atom. The topological polar surface area (TPSA) is 69.5 Å². The molecule has 2 aromatic heterocycles. The Balaban J connectivity index is 1.55. The van der Waals surface area contributed by atoms with Gasteiger partial charge in [0.05, 0.1) is 23.9 Å². The summed E-state index contributed by atoms with van der Waals surface area (Å²) in [7, 11) is 1.63. The third-order valence-corrected chi connectivity index (χ3v) is 5.62. The zero-order chi connectivity index (χ0) is 20.9. The number of methoxy groups -OCH3 is 1. The number of amides is 1. The van der Waals surface area contributed by atoms with Crippen LogP contribution in [0.1, 0.15) is 5.56 Å². The number of carbonyl (C=O) groups is 1. The molecule has 8 heteroatoms. The van der Waals surface area contributed by atoms with Crippen LogP contribution in [-0.2, 0) is 11.3 Å². The van der Waals surface area contributed by atoms with Crippen LogP contribution in [0, 0.1) is 6.92 Å². The van der Waals surface area contributed by atoms with E-state index in [-0.39, 0.29) is 12.5 Å². The molecule has 0 aliphatic rings. The van der Waals surface area contributed by atoms with Gasteiger partial charge in [0.25, 0.3) is 5.91 Å². The third-order valence-electron chi connectivity index (χ3n) is 4.58. The number of hydrogen-bond donors (Lipinski definition) is 0. The monoisotopic (exact) mass is 422 g/mol. The summed E-state index contributed by atoms with van der Waals surface area (Å²) in [6.45, 7) is 2.92. The second-order valence-electron chi connectivity index (χ2n) is 6.75. The van der Waals surface area contributed by atoms with E-state index in [1.54, 1.807) is 22.9 Å². The predicted octanol–water partition coefficient (Wildman–Crippen LogP) is 3.92.